The maximum absolute atomic E-state index is 13.7. The van der Waals surface area contributed by atoms with E-state index in [1.807, 2.05) is 60.7 Å². The van der Waals surface area contributed by atoms with Gasteiger partial charge in [-0.15, -0.1) is 0 Å². The molecule has 0 saturated carbocycles. The van der Waals surface area contributed by atoms with Crippen molar-refractivity contribution in [2.45, 2.75) is 13.5 Å². The van der Waals surface area contributed by atoms with Crippen LogP contribution in [0, 0.1) is 5.82 Å². The second-order valence-corrected chi connectivity index (χ2v) is 10.7. The Morgan fingerprint density at radius 2 is 1.51 bits per heavy atom. The molecule has 0 unspecified atom stereocenters. The third-order valence-corrected chi connectivity index (χ3v) is 7.82. The molecule has 206 valence electrons. The number of nitrogens with zero attached hydrogens (tertiary/aromatic N) is 4. The Hall–Kier alpha value is -4.33. The number of hydrogen-bond donors (Lipinski definition) is 0. The molecular weight excluding hydrogens is 539 g/mol. The van der Waals surface area contributed by atoms with Gasteiger partial charge in [0.25, 0.3) is 5.91 Å². The fraction of sp³-hybridized carbons (Fsp3) is 0.182. The van der Waals surface area contributed by atoms with E-state index in [0.29, 0.717) is 48.9 Å². The van der Waals surface area contributed by atoms with E-state index in [4.69, 9.17) is 16.6 Å². The molecule has 0 N–H and O–H groups in total. The summed E-state index contributed by atoms with van der Waals surface area (Å²) in [6, 6.07) is 25.2. The van der Waals surface area contributed by atoms with Crippen LogP contribution in [0.2, 0.25) is 5.02 Å². The van der Waals surface area contributed by atoms with Crippen LogP contribution in [0.5, 0.6) is 0 Å². The summed E-state index contributed by atoms with van der Waals surface area (Å²) in [5.74, 6) is -0.526. The number of ketones is 1. The molecule has 0 atom stereocenters. The molecular formula is C33H28ClFN4O2. The highest BCUT2D eigenvalue weighted by atomic mass is 35.5. The Kier molecular flexibility index (Phi) is 7.39. The molecule has 3 heterocycles. The number of piperazine rings is 1. The number of amides is 1. The van der Waals surface area contributed by atoms with E-state index in [9.17, 15) is 14.0 Å². The fourth-order valence-corrected chi connectivity index (χ4v) is 5.40. The molecule has 8 heteroatoms. The highest BCUT2D eigenvalue weighted by Crippen LogP contribution is 2.30. The monoisotopic (exact) mass is 566 g/mol. The maximum atomic E-state index is 13.7. The molecule has 1 fully saturated rings. The van der Waals surface area contributed by atoms with Gasteiger partial charge in [-0.1, -0.05) is 54.1 Å². The first-order valence-corrected chi connectivity index (χ1v) is 13.9. The van der Waals surface area contributed by atoms with Crippen LogP contribution < -0.4 is 0 Å². The van der Waals surface area contributed by atoms with Crippen molar-refractivity contribution < 1.29 is 14.0 Å². The van der Waals surface area contributed by atoms with Crippen LogP contribution in [0.1, 0.15) is 33.3 Å². The van der Waals surface area contributed by atoms with Crippen LogP contribution in [0.4, 0.5) is 4.39 Å². The minimum atomic E-state index is -0.411. The summed E-state index contributed by atoms with van der Waals surface area (Å²) in [5, 5.41) is 0.662. The molecule has 0 spiro atoms. The van der Waals surface area contributed by atoms with Gasteiger partial charge < -0.3 is 9.30 Å². The predicted molar refractivity (Wildman–Crippen MR) is 159 cm³/mol. The largest absolute Gasteiger partial charge is 0.336 e. The van der Waals surface area contributed by atoms with Crippen LogP contribution in [0.25, 0.3) is 28.0 Å². The first-order chi connectivity index (χ1) is 19.9. The zero-order chi connectivity index (χ0) is 28.5. The third kappa shape index (κ3) is 5.64. The highest BCUT2D eigenvalue weighted by molar-refractivity contribution is 6.30. The molecule has 1 aliphatic heterocycles. The van der Waals surface area contributed by atoms with Crippen LogP contribution >= 0.6 is 11.6 Å². The van der Waals surface area contributed by atoms with Gasteiger partial charge in [-0.3, -0.25) is 14.5 Å². The average molecular weight is 567 g/mol. The number of aromatic nitrogens is 2. The van der Waals surface area contributed by atoms with Gasteiger partial charge in [0, 0.05) is 60.6 Å². The summed E-state index contributed by atoms with van der Waals surface area (Å²) in [4.78, 5) is 33.8. The Morgan fingerprint density at radius 1 is 0.829 bits per heavy atom. The van der Waals surface area contributed by atoms with E-state index in [1.54, 1.807) is 24.0 Å². The molecule has 1 amide bonds. The first-order valence-electron chi connectivity index (χ1n) is 13.5. The normalized spacial score (nSPS) is 14.0. The number of carbonyl (C=O) groups excluding carboxylic acids is 2. The summed E-state index contributed by atoms with van der Waals surface area (Å²) in [6.45, 7) is 4.66. The number of Topliss-reactive ketones (excluding diaryl/α,β-unsaturated/α-hetero) is 1. The van der Waals surface area contributed by atoms with E-state index in [1.165, 1.54) is 12.1 Å². The highest BCUT2D eigenvalue weighted by Gasteiger charge is 2.25. The number of benzene rings is 3. The Morgan fingerprint density at radius 3 is 2.20 bits per heavy atom. The van der Waals surface area contributed by atoms with Crippen LogP contribution in [-0.2, 0) is 6.54 Å². The first kappa shape index (κ1) is 26.9. The molecule has 1 aliphatic rings. The van der Waals surface area contributed by atoms with E-state index in [0.717, 1.165) is 33.7 Å². The van der Waals surface area contributed by atoms with Crippen molar-refractivity contribution in [3.63, 3.8) is 0 Å². The Balaban J connectivity index is 1.30. The minimum absolute atomic E-state index is 0.0363. The smallest absolute Gasteiger partial charge is 0.254 e. The second kappa shape index (κ2) is 11.3. The van der Waals surface area contributed by atoms with E-state index < -0.39 is 5.82 Å². The summed E-state index contributed by atoms with van der Waals surface area (Å²) < 4.78 is 15.8. The number of rotatable bonds is 6. The van der Waals surface area contributed by atoms with Gasteiger partial charge in [0.05, 0.1) is 11.4 Å². The number of carbonyl (C=O) groups is 2. The Bertz CT molecular complexity index is 1740. The van der Waals surface area contributed by atoms with E-state index >= 15 is 0 Å². The topological polar surface area (TPSA) is 57.9 Å². The summed E-state index contributed by atoms with van der Waals surface area (Å²) >= 11 is 6.18. The molecule has 5 aromatic rings. The molecule has 2 aromatic heterocycles. The Labute approximate surface area is 242 Å². The third-order valence-electron chi connectivity index (χ3n) is 7.56. The molecule has 0 aliphatic carbocycles. The van der Waals surface area contributed by atoms with Crippen LogP contribution in [0.3, 0.4) is 0 Å². The minimum Gasteiger partial charge on any atom is -0.336 e. The van der Waals surface area contributed by atoms with Crippen molar-refractivity contribution in [1.82, 2.24) is 19.2 Å². The van der Waals surface area contributed by atoms with Gasteiger partial charge in [0.2, 0.25) is 0 Å². The van der Waals surface area contributed by atoms with E-state index in [-0.39, 0.29) is 11.7 Å². The number of pyridine rings is 1. The molecule has 1 saturated heterocycles. The predicted octanol–water partition coefficient (Wildman–Crippen LogP) is 6.62. The second-order valence-electron chi connectivity index (χ2n) is 10.3. The van der Waals surface area contributed by atoms with Crippen molar-refractivity contribution >= 4 is 28.9 Å². The van der Waals surface area contributed by atoms with Gasteiger partial charge in [-0.05, 0) is 60.5 Å². The summed E-state index contributed by atoms with van der Waals surface area (Å²) in [7, 11) is 0. The lowest BCUT2D eigenvalue weighted by atomic mass is 10.0. The van der Waals surface area contributed by atoms with Crippen molar-refractivity contribution in [3.05, 3.63) is 119 Å². The van der Waals surface area contributed by atoms with E-state index in [2.05, 4.69) is 15.5 Å². The number of halogens is 2. The zero-order valence-electron chi connectivity index (χ0n) is 22.6. The summed E-state index contributed by atoms with van der Waals surface area (Å²) in [6.07, 6.45) is 2.09. The van der Waals surface area contributed by atoms with Gasteiger partial charge in [0.1, 0.15) is 11.5 Å². The SMILES string of the molecule is CC(=O)c1ccc(-c2ccc3nc(-c4ccc(Cl)cc4)c(CN4CCN(C(=O)c5cccc(F)c5)CC4)n3c2)cc1. The number of hydrogen-bond acceptors (Lipinski definition) is 4. The van der Waals surface area contributed by atoms with Crippen LogP contribution in [0.15, 0.2) is 91.1 Å². The van der Waals surface area contributed by atoms with Crippen molar-refractivity contribution in [2.24, 2.45) is 0 Å². The molecule has 6 rings (SSSR count). The lowest BCUT2D eigenvalue weighted by Crippen LogP contribution is -2.48. The maximum Gasteiger partial charge on any atom is 0.254 e. The molecule has 0 radical (unpaired) electrons. The van der Waals surface area contributed by atoms with Gasteiger partial charge >= 0.3 is 0 Å². The van der Waals surface area contributed by atoms with Crippen molar-refractivity contribution in [2.75, 3.05) is 26.2 Å². The summed E-state index contributed by atoms with van der Waals surface area (Å²) in [5.41, 5.74) is 6.79. The molecule has 41 heavy (non-hydrogen) atoms. The lowest BCUT2D eigenvalue weighted by Gasteiger charge is -2.34. The van der Waals surface area contributed by atoms with Gasteiger partial charge in [-0.25, -0.2) is 9.37 Å². The van der Waals surface area contributed by atoms with Gasteiger partial charge in [0.15, 0.2) is 5.78 Å². The quantitative estimate of drug-likeness (QED) is 0.217. The molecule has 6 nitrogen and oxygen atoms in total. The van der Waals surface area contributed by atoms with Gasteiger partial charge in [-0.2, -0.15) is 0 Å². The zero-order valence-corrected chi connectivity index (χ0v) is 23.3. The number of fused-ring (bicyclic) bond motifs is 1. The van der Waals surface area contributed by atoms with Crippen molar-refractivity contribution in [1.29, 1.82) is 0 Å². The lowest BCUT2D eigenvalue weighted by molar-refractivity contribution is 0.0626. The molecule has 0 bridgehead atoms. The standard InChI is InChI=1S/C33H28ClFN4O2/c1-22(40)23-5-7-24(8-6-23)27-11-14-31-36-32(25-9-12-28(34)13-10-25)30(39(31)20-27)21-37-15-17-38(18-16-37)33(41)26-3-2-4-29(35)19-26/h2-14,19-20H,15-18,21H2,1H3. The number of imidazole rings is 1. The fourth-order valence-electron chi connectivity index (χ4n) is 5.28. The average Bonchev–Trinajstić information content (AvgIpc) is 3.35. The molecule has 3 aromatic carbocycles. The van der Waals surface area contributed by atoms with Crippen molar-refractivity contribution in [3.8, 4) is 22.4 Å². The van der Waals surface area contributed by atoms with Crippen LogP contribution in [-0.4, -0.2) is 57.1 Å².